The average Bonchev–Trinajstić information content (AvgIpc) is 2.46. The smallest absolute Gasteiger partial charge is 0.339 e. The SMILES string of the molecule is CCCc1nc2c(cc1C(=O)OCC)CN(CC)CC2. The second-order valence-electron chi connectivity index (χ2n) is 5.18. The normalized spacial score (nSPS) is 14.9. The van der Waals surface area contributed by atoms with Crippen molar-refractivity contribution in [3.05, 3.63) is 28.6 Å². The van der Waals surface area contributed by atoms with E-state index in [1.165, 1.54) is 5.56 Å². The Morgan fingerprint density at radius 3 is 2.85 bits per heavy atom. The summed E-state index contributed by atoms with van der Waals surface area (Å²) in [7, 11) is 0. The molecule has 0 fully saturated rings. The Kier molecular flexibility index (Phi) is 5.12. The highest BCUT2D eigenvalue weighted by atomic mass is 16.5. The van der Waals surface area contributed by atoms with E-state index in [2.05, 4.69) is 18.7 Å². The molecule has 0 unspecified atom stereocenters. The average molecular weight is 276 g/mol. The molecule has 1 aliphatic heterocycles. The van der Waals surface area contributed by atoms with Gasteiger partial charge in [-0.2, -0.15) is 0 Å². The van der Waals surface area contributed by atoms with Crippen molar-refractivity contribution in [2.75, 3.05) is 19.7 Å². The minimum Gasteiger partial charge on any atom is -0.462 e. The molecule has 2 rings (SSSR count). The minimum atomic E-state index is -0.236. The van der Waals surface area contributed by atoms with Gasteiger partial charge in [-0.15, -0.1) is 0 Å². The molecule has 0 aromatic carbocycles. The Morgan fingerprint density at radius 1 is 1.40 bits per heavy atom. The molecule has 0 aliphatic carbocycles. The molecule has 1 aromatic heterocycles. The summed E-state index contributed by atoms with van der Waals surface area (Å²) < 4.78 is 5.17. The van der Waals surface area contributed by atoms with Crippen LogP contribution in [-0.2, 0) is 24.1 Å². The van der Waals surface area contributed by atoms with Crippen LogP contribution in [0.25, 0.3) is 0 Å². The second-order valence-corrected chi connectivity index (χ2v) is 5.18. The second kappa shape index (κ2) is 6.84. The standard InChI is InChI=1S/C16H24N2O2/c1-4-7-15-13(16(19)20-6-3)10-12-11-18(5-2)9-8-14(12)17-15/h10H,4-9,11H2,1-3H3. The molecule has 0 saturated heterocycles. The van der Waals surface area contributed by atoms with Crippen LogP contribution in [0.15, 0.2) is 6.07 Å². The Bertz CT molecular complexity index is 486. The number of esters is 1. The summed E-state index contributed by atoms with van der Waals surface area (Å²) in [6, 6.07) is 2.01. The molecule has 0 bridgehead atoms. The fourth-order valence-corrected chi connectivity index (χ4v) is 2.66. The molecule has 0 saturated carbocycles. The zero-order chi connectivity index (χ0) is 14.5. The quantitative estimate of drug-likeness (QED) is 0.775. The summed E-state index contributed by atoms with van der Waals surface area (Å²) in [5.74, 6) is -0.236. The zero-order valence-electron chi connectivity index (χ0n) is 12.7. The monoisotopic (exact) mass is 276 g/mol. The molecule has 1 aliphatic rings. The van der Waals surface area contributed by atoms with Crippen molar-refractivity contribution in [2.45, 2.75) is 46.6 Å². The van der Waals surface area contributed by atoms with Crippen molar-refractivity contribution in [3.8, 4) is 0 Å². The van der Waals surface area contributed by atoms with Crippen molar-refractivity contribution in [2.24, 2.45) is 0 Å². The van der Waals surface area contributed by atoms with E-state index in [-0.39, 0.29) is 5.97 Å². The lowest BCUT2D eigenvalue weighted by Gasteiger charge is -2.27. The number of carbonyl (C=O) groups excluding carboxylic acids is 1. The van der Waals surface area contributed by atoms with Crippen LogP contribution in [-0.4, -0.2) is 35.5 Å². The van der Waals surface area contributed by atoms with E-state index in [0.717, 1.165) is 50.3 Å². The van der Waals surface area contributed by atoms with E-state index < -0.39 is 0 Å². The molecule has 20 heavy (non-hydrogen) atoms. The lowest BCUT2D eigenvalue weighted by atomic mass is 10.00. The molecular weight excluding hydrogens is 252 g/mol. The van der Waals surface area contributed by atoms with Crippen LogP contribution >= 0.6 is 0 Å². The first-order valence-electron chi connectivity index (χ1n) is 7.60. The number of ether oxygens (including phenoxy) is 1. The maximum absolute atomic E-state index is 12.1. The van der Waals surface area contributed by atoms with Gasteiger partial charge in [-0.3, -0.25) is 9.88 Å². The molecule has 1 aromatic rings. The van der Waals surface area contributed by atoms with Crippen LogP contribution in [0.4, 0.5) is 0 Å². The summed E-state index contributed by atoms with van der Waals surface area (Å²) in [6.07, 6.45) is 2.79. The number of aryl methyl sites for hydroxylation is 1. The number of hydrogen-bond acceptors (Lipinski definition) is 4. The van der Waals surface area contributed by atoms with Gasteiger partial charge in [-0.1, -0.05) is 20.3 Å². The maximum Gasteiger partial charge on any atom is 0.339 e. The van der Waals surface area contributed by atoms with Gasteiger partial charge >= 0.3 is 5.97 Å². The molecule has 0 amide bonds. The van der Waals surface area contributed by atoms with E-state index in [1.807, 2.05) is 13.0 Å². The van der Waals surface area contributed by atoms with Gasteiger partial charge in [0.2, 0.25) is 0 Å². The van der Waals surface area contributed by atoms with Gasteiger partial charge in [-0.05, 0) is 31.5 Å². The highest BCUT2D eigenvalue weighted by molar-refractivity contribution is 5.91. The first-order chi connectivity index (χ1) is 9.69. The predicted molar refractivity (Wildman–Crippen MR) is 78.8 cm³/mol. The number of pyridine rings is 1. The fraction of sp³-hybridized carbons (Fsp3) is 0.625. The van der Waals surface area contributed by atoms with Crippen LogP contribution in [0.1, 0.15) is 54.5 Å². The Balaban J connectivity index is 2.36. The van der Waals surface area contributed by atoms with Crippen LogP contribution in [0.5, 0.6) is 0 Å². The highest BCUT2D eigenvalue weighted by Gasteiger charge is 2.21. The summed E-state index contributed by atoms with van der Waals surface area (Å²) in [4.78, 5) is 19.2. The Morgan fingerprint density at radius 2 is 2.20 bits per heavy atom. The third-order valence-electron chi connectivity index (χ3n) is 3.76. The number of likely N-dealkylation sites (N-methyl/N-ethyl adjacent to an activating group) is 1. The van der Waals surface area contributed by atoms with E-state index in [1.54, 1.807) is 0 Å². The summed E-state index contributed by atoms with van der Waals surface area (Å²) in [5.41, 5.74) is 3.90. The van der Waals surface area contributed by atoms with Crippen molar-refractivity contribution in [1.29, 1.82) is 0 Å². The van der Waals surface area contributed by atoms with Crippen LogP contribution in [0.2, 0.25) is 0 Å². The number of hydrogen-bond donors (Lipinski definition) is 0. The fourth-order valence-electron chi connectivity index (χ4n) is 2.66. The molecule has 0 N–H and O–H groups in total. The number of aromatic nitrogens is 1. The third-order valence-corrected chi connectivity index (χ3v) is 3.76. The largest absolute Gasteiger partial charge is 0.462 e. The van der Waals surface area contributed by atoms with E-state index >= 15 is 0 Å². The van der Waals surface area contributed by atoms with Gasteiger partial charge in [0.1, 0.15) is 0 Å². The molecule has 0 spiro atoms. The molecule has 0 radical (unpaired) electrons. The van der Waals surface area contributed by atoms with Crippen molar-refractivity contribution >= 4 is 5.97 Å². The van der Waals surface area contributed by atoms with Gasteiger partial charge in [-0.25, -0.2) is 4.79 Å². The first kappa shape index (κ1) is 15.0. The van der Waals surface area contributed by atoms with Gasteiger partial charge < -0.3 is 4.74 Å². The minimum absolute atomic E-state index is 0.236. The molecule has 4 nitrogen and oxygen atoms in total. The van der Waals surface area contributed by atoms with Crippen molar-refractivity contribution in [3.63, 3.8) is 0 Å². The van der Waals surface area contributed by atoms with Gasteiger partial charge in [0.15, 0.2) is 0 Å². The van der Waals surface area contributed by atoms with Gasteiger partial charge in [0.05, 0.1) is 17.9 Å². The number of fused-ring (bicyclic) bond motifs is 1. The van der Waals surface area contributed by atoms with E-state index in [4.69, 9.17) is 9.72 Å². The topological polar surface area (TPSA) is 42.4 Å². The first-order valence-corrected chi connectivity index (χ1v) is 7.60. The summed E-state index contributed by atoms with van der Waals surface area (Å²) >= 11 is 0. The lowest BCUT2D eigenvalue weighted by molar-refractivity contribution is 0.0524. The Hall–Kier alpha value is -1.42. The third kappa shape index (κ3) is 3.18. The maximum atomic E-state index is 12.1. The van der Waals surface area contributed by atoms with E-state index in [0.29, 0.717) is 12.2 Å². The summed E-state index contributed by atoms with van der Waals surface area (Å²) in [6.45, 7) is 9.49. The number of carbonyl (C=O) groups is 1. The van der Waals surface area contributed by atoms with E-state index in [9.17, 15) is 4.79 Å². The van der Waals surface area contributed by atoms with Crippen LogP contribution in [0, 0.1) is 0 Å². The molecule has 0 atom stereocenters. The number of rotatable bonds is 5. The Labute approximate surface area is 121 Å². The zero-order valence-corrected chi connectivity index (χ0v) is 12.7. The van der Waals surface area contributed by atoms with Crippen LogP contribution in [0.3, 0.4) is 0 Å². The molecule has 2 heterocycles. The van der Waals surface area contributed by atoms with Crippen molar-refractivity contribution < 1.29 is 9.53 Å². The van der Waals surface area contributed by atoms with Crippen molar-refractivity contribution in [1.82, 2.24) is 9.88 Å². The number of nitrogens with zero attached hydrogens (tertiary/aromatic N) is 2. The molecular formula is C16H24N2O2. The lowest BCUT2D eigenvalue weighted by Crippen LogP contribution is -2.31. The van der Waals surface area contributed by atoms with Gasteiger partial charge in [0.25, 0.3) is 0 Å². The van der Waals surface area contributed by atoms with Gasteiger partial charge in [0, 0.05) is 25.2 Å². The van der Waals surface area contributed by atoms with Crippen LogP contribution < -0.4 is 0 Å². The molecule has 4 heteroatoms. The molecule has 110 valence electrons. The highest BCUT2D eigenvalue weighted by Crippen LogP contribution is 2.22. The summed E-state index contributed by atoms with van der Waals surface area (Å²) in [5, 5.41) is 0. The predicted octanol–water partition coefficient (Wildman–Crippen LogP) is 2.59.